The van der Waals surface area contributed by atoms with Gasteiger partial charge in [-0.2, -0.15) is 0 Å². The molecule has 1 aliphatic rings. The number of aryl methyl sites for hydroxylation is 1. The number of hydrogen-bond donors (Lipinski definition) is 2. The average molecular weight is 306 g/mol. The number of nitrogens with one attached hydrogen (secondary N) is 1. The Balaban J connectivity index is 2.13. The van der Waals surface area contributed by atoms with Gasteiger partial charge in [0.25, 0.3) is 5.91 Å². The second-order valence-corrected chi connectivity index (χ2v) is 5.88. The molecule has 1 amide bonds. The summed E-state index contributed by atoms with van der Waals surface area (Å²) in [6, 6.07) is 2.44. The van der Waals surface area contributed by atoms with Crippen molar-refractivity contribution in [3.05, 3.63) is 34.2 Å². The second kappa shape index (κ2) is 7.24. The van der Waals surface area contributed by atoms with E-state index in [1.807, 2.05) is 0 Å². The summed E-state index contributed by atoms with van der Waals surface area (Å²) in [5, 5.41) is 12.2. The largest absolute Gasteiger partial charge is 0.481 e. The molecule has 0 spiro atoms. The van der Waals surface area contributed by atoms with E-state index in [-0.39, 0.29) is 17.5 Å². The van der Waals surface area contributed by atoms with Crippen molar-refractivity contribution in [2.45, 2.75) is 44.6 Å². The molecule has 1 fully saturated rings. The van der Waals surface area contributed by atoms with E-state index in [9.17, 15) is 19.5 Å². The maximum Gasteiger partial charge on any atom is 0.308 e. The Labute approximate surface area is 129 Å². The maximum absolute atomic E-state index is 12.3. The van der Waals surface area contributed by atoms with Crippen LogP contribution in [0.3, 0.4) is 0 Å². The van der Waals surface area contributed by atoms with Crippen LogP contribution < -0.4 is 10.9 Å². The highest BCUT2D eigenvalue weighted by atomic mass is 16.4. The lowest BCUT2D eigenvalue weighted by atomic mass is 9.86. The van der Waals surface area contributed by atoms with Gasteiger partial charge in [0.15, 0.2) is 0 Å². The standard InChI is InChI=1S/C16H22N2O4/c1-18-10-11(8-9-14(18)19)15(20)17-13-7-5-3-2-4-6-12(13)16(21)22/h8-10,12-13H,2-7H2,1H3,(H,17,20)(H,21,22). The molecule has 1 aromatic rings. The molecule has 2 rings (SSSR count). The number of rotatable bonds is 3. The van der Waals surface area contributed by atoms with Gasteiger partial charge >= 0.3 is 5.97 Å². The molecule has 22 heavy (non-hydrogen) atoms. The van der Waals surface area contributed by atoms with Gasteiger partial charge in [-0.15, -0.1) is 0 Å². The summed E-state index contributed by atoms with van der Waals surface area (Å²) in [6.45, 7) is 0. The molecule has 120 valence electrons. The number of carbonyl (C=O) groups is 2. The minimum atomic E-state index is -0.854. The molecule has 2 atom stereocenters. The van der Waals surface area contributed by atoms with Crippen LogP contribution in [0.1, 0.15) is 48.9 Å². The summed E-state index contributed by atoms with van der Waals surface area (Å²) in [6.07, 6.45) is 6.65. The lowest BCUT2D eigenvalue weighted by Gasteiger charge is -2.27. The van der Waals surface area contributed by atoms with E-state index in [0.717, 1.165) is 25.7 Å². The van der Waals surface area contributed by atoms with E-state index in [4.69, 9.17) is 0 Å². The molecule has 1 saturated carbocycles. The highest BCUT2D eigenvalue weighted by molar-refractivity contribution is 5.94. The number of carboxylic acid groups (broad SMARTS) is 1. The van der Waals surface area contributed by atoms with Gasteiger partial charge in [0.2, 0.25) is 5.56 Å². The van der Waals surface area contributed by atoms with Crippen molar-refractivity contribution >= 4 is 11.9 Å². The molecule has 0 aromatic carbocycles. The van der Waals surface area contributed by atoms with Crippen molar-refractivity contribution in [1.82, 2.24) is 9.88 Å². The number of hydrogen-bond acceptors (Lipinski definition) is 3. The number of amides is 1. The van der Waals surface area contributed by atoms with Crippen molar-refractivity contribution in [2.24, 2.45) is 13.0 Å². The fraction of sp³-hybridized carbons (Fsp3) is 0.562. The predicted molar refractivity (Wildman–Crippen MR) is 81.8 cm³/mol. The van der Waals surface area contributed by atoms with Gasteiger partial charge in [0.05, 0.1) is 11.5 Å². The van der Waals surface area contributed by atoms with Crippen LogP contribution in [0.25, 0.3) is 0 Å². The van der Waals surface area contributed by atoms with Gasteiger partial charge in [-0.1, -0.05) is 25.7 Å². The minimum absolute atomic E-state index is 0.189. The van der Waals surface area contributed by atoms with E-state index in [0.29, 0.717) is 18.4 Å². The molecular formula is C16H22N2O4. The third-order valence-electron chi connectivity index (χ3n) is 4.25. The SMILES string of the molecule is Cn1cc(C(=O)NC2CCCCCCC2C(=O)O)ccc1=O. The van der Waals surface area contributed by atoms with Crippen LogP contribution in [-0.2, 0) is 11.8 Å². The van der Waals surface area contributed by atoms with E-state index < -0.39 is 11.9 Å². The summed E-state index contributed by atoms with van der Waals surface area (Å²) in [4.78, 5) is 35.1. The fourth-order valence-electron chi connectivity index (χ4n) is 2.93. The zero-order chi connectivity index (χ0) is 16.1. The smallest absolute Gasteiger partial charge is 0.308 e. The van der Waals surface area contributed by atoms with E-state index >= 15 is 0 Å². The lowest BCUT2D eigenvalue weighted by Crippen LogP contribution is -2.44. The predicted octanol–water partition coefficient (Wildman–Crippen LogP) is 1.54. The van der Waals surface area contributed by atoms with Crippen LogP contribution in [0.4, 0.5) is 0 Å². The zero-order valence-corrected chi connectivity index (χ0v) is 12.7. The number of nitrogens with zero attached hydrogens (tertiary/aromatic N) is 1. The Bertz CT molecular complexity index is 608. The highest BCUT2D eigenvalue weighted by Gasteiger charge is 2.30. The van der Waals surface area contributed by atoms with Gasteiger partial charge in [0, 0.05) is 25.4 Å². The molecule has 1 aliphatic carbocycles. The quantitative estimate of drug-likeness (QED) is 0.886. The normalized spacial score (nSPS) is 22.4. The van der Waals surface area contributed by atoms with Gasteiger partial charge in [-0.3, -0.25) is 14.4 Å². The molecule has 6 nitrogen and oxygen atoms in total. The van der Waals surface area contributed by atoms with E-state index in [1.165, 1.54) is 22.9 Å². The Hall–Kier alpha value is -2.11. The van der Waals surface area contributed by atoms with Crippen LogP contribution >= 0.6 is 0 Å². The third kappa shape index (κ3) is 3.96. The summed E-state index contributed by atoms with van der Waals surface area (Å²) in [5.74, 6) is -1.73. The summed E-state index contributed by atoms with van der Waals surface area (Å²) >= 11 is 0. The molecule has 2 unspecified atom stereocenters. The van der Waals surface area contributed by atoms with Crippen molar-refractivity contribution in [1.29, 1.82) is 0 Å². The van der Waals surface area contributed by atoms with Crippen molar-refractivity contribution in [3.63, 3.8) is 0 Å². The Morgan fingerprint density at radius 2 is 1.86 bits per heavy atom. The van der Waals surface area contributed by atoms with Crippen LogP contribution in [-0.4, -0.2) is 27.6 Å². The molecule has 0 radical (unpaired) electrons. The Morgan fingerprint density at radius 1 is 1.18 bits per heavy atom. The van der Waals surface area contributed by atoms with Gasteiger partial charge in [0.1, 0.15) is 0 Å². The second-order valence-electron chi connectivity index (χ2n) is 5.88. The number of aliphatic carboxylic acids is 1. The van der Waals surface area contributed by atoms with Crippen LogP contribution in [0, 0.1) is 5.92 Å². The topological polar surface area (TPSA) is 88.4 Å². The molecule has 1 aromatic heterocycles. The Kier molecular flexibility index (Phi) is 5.35. The molecule has 6 heteroatoms. The maximum atomic E-state index is 12.3. The number of carboxylic acids is 1. The van der Waals surface area contributed by atoms with Gasteiger partial charge < -0.3 is 15.0 Å². The molecule has 0 aliphatic heterocycles. The van der Waals surface area contributed by atoms with Crippen molar-refractivity contribution < 1.29 is 14.7 Å². The first-order valence-electron chi connectivity index (χ1n) is 7.69. The molecule has 0 saturated heterocycles. The Morgan fingerprint density at radius 3 is 2.50 bits per heavy atom. The number of pyridine rings is 1. The van der Waals surface area contributed by atoms with Crippen molar-refractivity contribution in [3.8, 4) is 0 Å². The molecular weight excluding hydrogens is 284 g/mol. The molecule has 1 heterocycles. The minimum Gasteiger partial charge on any atom is -0.481 e. The number of aromatic nitrogens is 1. The summed E-state index contributed by atoms with van der Waals surface area (Å²) < 4.78 is 1.34. The zero-order valence-electron chi connectivity index (χ0n) is 12.7. The fourth-order valence-corrected chi connectivity index (χ4v) is 2.93. The van der Waals surface area contributed by atoms with Crippen molar-refractivity contribution in [2.75, 3.05) is 0 Å². The van der Waals surface area contributed by atoms with Gasteiger partial charge in [-0.05, 0) is 18.9 Å². The first-order chi connectivity index (χ1) is 10.5. The third-order valence-corrected chi connectivity index (χ3v) is 4.25. The van der Waals surface area contributed by atoms with Crippen LogP contribution in [0.5, 0.6) is 0 Å². The molecule has 0 bridgehead atoms. The van der Waals surface area contributed by atoms with E-state index in [1.54, 1.807) is 7.05 Å². The lowest BCUT2D eigenvalue weighted by molar-refractivity contribution is -0.143. The first kappa shape index (κ1) is 16.3. The average Bonchev–Trinajstić information content (AvgIpc) is 2.44. The first-order valence-corrected chi connectivity index (χ1v) is 7.69. The highest BCUT2D eigenvalue weighted by Crippen LogP contribution is 2.23. The monoisotopic (exact) mass is 306 g/mol. The van der Waals surface area contributed by atoms with Gasteiger partial charge in [-0.25, -0.2) is 0 Å². The van der Waals surface area contributed by atoms with Crippen LogP contribution in [0.15, 0.2) is 23.1 Å². The van der Waals surface area contributed by atoms with Crippen LogP contribution in [0.2, 0.25) is 0 Å². The summed E-state index contributed by atoms with van der Waals surface area (Å²) in [7, 11) is 1.58. The molecule has 2 N–H and O–H groups in total. The number of carbonyl (C=O) groups excluding carboxylic acids is 1. The van der Waals surface area contributed by atoms with E-state index in [2.05, 4.69) is 5.32 Å². The summed E-state index contributed by atoms with van der Waals surface area (Å²) in [5.41, 5.74) is 0.180.